The first-order valence-corrected chi connectivity index (χ1v) is 9.21. The van der Waals surface area contributed by atoms with E-state index >= 15 is 0 Å². The van der Waals surface area contributed by atoms with Gasteiger partial charge in [-0.3, -0.25) is 4.99 Å². The Morgan fingerprint density at radius 2 is 1.83 bits per heavy atom. The van der Waals surface area contributed by atoms with E-state index in [1.807, 2.05) is 35.0 Å². The third-order valence-corrected chi connectivity index (χ3v) is 4.90. The molecule has 2 heterocycles. The summed E-state index contributed by atoms with van der Waals surface area (Å²) in [7, 11) is 0. The highest BCUT2D eigenvalue weighted by Crippen LogP contribution is 2.25. The highest BCUT2D eigenvalue weighted by Gasteiger charge is 2.13. The second-order valence-electron chi connectivity index (χ2n) is 6.81. The minimum Gasteiger partial charge on any atom is -0.478 e. The van der Waals surface area contributed by atoms with E-state index < -0.39 is 11.9 Å². The molecule has 0 unspecified atom stereocenters. The number of carboxylic acids is 2. The Morgan fingerprint density at radius 1 is 1.03 bits per heavy atom. The van der Waals surface area contributed by atoms with E-state index in [4.69, 9.17) is 9.52 Å². The third-order valence-electron chi connectivity index (χ3n) is 4.90. The van der Waals surface area contributed by atoms with Gasteiger partial charge in [-0.05, 0) is 42.8 Å². The van der Waals surface area contributed by atoms with Crippen molar-refractivity contribution in [2.45, 2.75) is 13.5 Å². The number of carboxylic acid groups (broad SMARTS) is 2. The molecule has 0 amide bonds. The van der Waals surface area contributed by atoms with Crippen molar-refractivity contribution in [3.63, 3.8) is 0 Å². The summed E-state index contributed by atoms with van der Waals surface area (Å²) in [5.74, 6) is -1.66. The highest BCUT2D eigenvalue weighted by molar-refractivity contribution is 6.00. The number of benzene rings is 2. The van der Waals surface area contributed by atoms with E-state index in [1.54, 1.807) is 37.4 Å². The molecule has 7 nitrogen and oxygen atoms in total. The molecular weight excluding hydrogens is 384 g/mol. The van der Waals surface area contributed by atoms with Gasteiger partial charge in [-0.1, -0.05) is 24.3 Å². The lowest BCUT2D eigenvalue weighted by Crippen LogP contribution is -1.99. The van der Waals surface area contributed by atoms with Crippen molar-refractivity contribution in [2.75, 3.05) is 0 Å². The number of fused-ring (bicyclic) bond motifs is 1. The molecule has 150 valence electrons. The fourth-order valence-corrected chi connectivity index (χ4v) is 3.39. The van der Waals surface area contributed by atoms with Gasteiger partial charge in [-0.2, -0.15) is 0 Å². The van der Waals surface area contributed by atoms with Crippen LogP contribution in [0.4, 0.5) is 5.69 Å². The molecule has 7 heteroatoms. The maximum absolute atomic E-state index is 11.3. The van der Waals surface area contributed by atoms with Crippen LogP contribution in [0.3, 0.4) is 0 Å². The first kappa shape index (κ1) is 19.2. The zero-order valence-corrected chi connectivity index (χ0v) is 16.1. The lowest BCUT2D eigenvalue weighted by molar-refractivity contribution is 0.0657. The number of furan rings is 1. The molecule has 0 aliphatic heterocycles. The van der Waals surface area contributed by atoms with Crippen LogP contribution in [-0.4, -0.2) is 32.9 Å². The van der Waals surface area contributed by atoms with Crippen LogP contribution in [0.1, 0.15) is 37.8 Å². The lowest BCUT2D eigenvalue weighted by Gasteiger charge is -2.03. The van der Waals surface area contributed by atoms with E-state index in [2.05, 4.69) is 4.99 Å². The van der Waals surface area contributed by atoms with E-state index in [-0.39, 0.29) is 11.3 Å². The van der Waals surface area contributed by atoms with E-state index in [0.717, 1.165) is 16.5 Å². The first-order valence-electron chi connectivity index (χ1n) is 9.21. The van der Waals surface area contributed by atoms with Crippen LogP contribution in [0, 0.1) is 6.92 Å². The number of para-hydroxylation sites is 1. The van der Waals surface area contributed by atoms with Crippen LogP contribution < -0.4 is 0 Å². The second kappa shape index (κ2) is 7.71. The SMILES string of the molecule is Cc1c(N=Cc2cn(Cc3ccc(C(=O)O)o3)c3ccccc23)cccc1C(=O)O. The molecule has 0 bridgehead atoms. The Hall–Kier alpha value is -4.13. The molecule has 0 radical (unpaired) electrons. The van der Waals surface area contributed by atoms with Gasteiger partial charge in [0.1, 0.15) is 5.76 Å². The van der Waals surface area contributed by atoms with Crippen molar-refractivity contribution in [2.24, 2.45) is 4.99 Å². The van der Waals surface area contributed by atoms with Crippen molar-refractivity contribution in [1.29, 1.82) is 0 Å². The normalized spacial score (nSPS) is 11.4. The van der Waals surface area contributed by atoms with Gasteiger partial charge in [-0.25, -0.2) is 9.59 Å². The van der Waals surface area contributed by atoms with E-state index in [1.165, 1.54) is 6.07 Å². The largest absolute Gasteiger partial charge is 0.478 e. The molecule has 0 saturated heterocycles. The molecular formula is C23H18N2O5. The summed E-state index contributed by atoms with van der Waals surface area (Å²) >= 11 is 0. The van der Waals surface area contributed by atoms with Crippen molar-refractivity contribution in [1.82, 2.24) is 4.57 Å². The van der Waals surface area contributed by atoms with Crippen LogP contribution in [0.15, 0.2) is 70.2 Å². The Balaban J connectivity index is 1.70. The number of carbonyl (C=O) groups is 2. The summed E-state index contributed by atoms with van der Waals surface area (Å²) in [5, 5.41) is 19.3. The predicted molar refractivity (Wildman–Crippen MR) is 112 cm³/mol. The first-order chi connectivity index (χ1) is 14.4. The summed E-state index contributed by atoms with van der Waals surface area (Å²) in [6, 6.07) is 15.9. The predicted octanol–water partition coefficient (Wildman–Crippen LogP) is 4.74. The molecule has 2 aromatic heterocycles. The molecule has 4 aromatic rings. The van der Waals surface area contributed by atoms with Gasteiger partial charge in [0.2, 0.25) is 5.76 Å². The molecule has 30 heavy (non-hydrogen) atoms. The van der Waals surface area contributed by atoms with Gasteiger partial charge in [0.05, 0.1) is 17.8 Å². The van der Waals surface area contributed by atoms with Gasteiger partial charge in [0.15, 0.2) is 0 Å². The third kappa shape index (κ3) is 3.60. The smallest absolute Gasteiger partial charge is 0.371 e. The molecule has 0 spiro atoms. The molecule has 0 aliphatic rings. The van der Waals surface area contributed by atoms with Crippen molar-refractivity contribution in [3.05, 3.63) is 89.0 Å². The molecule has 0 atom stereocenters. The molecule has 4 rings (SSSR count). The maximum Gasteiger partial charge on any atom is 0.371 e. The molecule has 2 N–H and O–H groups in total. The van der Waals surface area contributed by atoms with Gasteiger partial charge < -0.3 is 19.2 Å². The zero-order valence-electron chi connectivity index (χ0n) is 16.1. The minimum absolute atomic E-state index is 0.1000. The number of aliphatic imine (C=N–C) groups is 1. The van der Waals surface area contributed by atoms with Crippen LogP contribution in [0.5, 0.6) is 0 Å². The summed E-state index contributed by atoms with van der Waals surface area (Å²) < 4.78 is 7.34. The van der Waals surface area contributed by atoms with Crippen molar-refractivity contribution >= 4 is 34.7 Å². The van der Waals surface area contributed by atoms with Gasteiger partial charge in [0.25, 0.3) is 0 Å². The Kier molecular flexibility index (Phi) is 4.93. The molecule has 0 fully saturated rings. The highest BCUT2D eigenvalue weighted by atomic mass is 16.4. The second-order valence-corrected chi connectivity index (χ2v) is 6.81. The number of aromatic nitrogens is 1. The molecule has 0 aliphatic carbocycles. The van der Waals surface area contributed by atoms with E-state index in [9.17, 15) is 14.7 Å². The average molecular weight is 402 g/mol. The Labute approximate surface area is 171 Å². The fraction of sp³-hybridized carbons (Fsp3) is 0.0870. The lowest BCUT2D eigenvalue weighted by atomic mass is 10.1. The molecule has 0 saturated carbocycles. The minimum atomic E-state index is -1.11. The number of hydrogen-bond acceptors (Lipinski definition) is 4. The Morgan fingerprint density at radius 3 is 2.57 bits per heavy atom. The Bertz CT molecular complexity index is 1300. The van der Waals surface area contributed by atoms with Gasteiger partial charge in [0, 0.05) is 28.9 Å². The number of rotatable bonds is 6. The van der Waals surface area contributed by atoms with Crippen molar-refractivity contribution < 1.29 is 24.2 Å². The van der Waals surface area contributed by atoms with Crippen LogP contribution in [0.2, 0.25) is 0 Å². The summed E-state index contributed by atoms with van der Waals surface area (Å²) in [6.45, 7) is 2.10. The van der Waals surface area contributed by atoms with Crippen molar-refractivity contribution in [3.8, 4) is 0 Å². The quantitative estimate of drug-likeness (QED) is 0.453. The van der Waals surface area contributed by atoms with Gasteiger partial charge in [-0.15, -0.1) is 0 Å². The number of hydrogen-bond donors (Lipinski definition) is 2. The van der Waals surface area contributed by atoms with Crippen LogP contribution in [-0.2, 0) is 6.54 Å². The van der Waals surface area contributed by atoms with Gasteiger partial charge >= 0.3 is 11.9 Å². The standard InChI is InChI=1S/C23H18N2O5/c1-14-17(22(26)27)6-4-7-19(14)24-11-15-12-25(20-8-3-2-5-18(15)20)13-16-9-10-21(30-16)23(28)29/h2-12H,13H2,1H3,(H,26,27)(H,28,29). The summed E-state index contributed by atoms with van der Waals surface area (Å²) in [4.78, 5) is 26.9. The topological polar surface area (TPSA) is 105 Å². The zero-order chi connectivity index (χ0) is 21.3. The van der Waals surface area contributed by atoms with Crippen LogP contribution in [0.25, 0.3) is 10.9 Å². The summed E-state index contributed by atoms with van der Waals surface area (Å²) in [6.07, 6.45) is 3.62. The summed E-state index contributed by atoms with van der Waals surface area (Å²) in [5.41, 5.74) is 3.21. The fourth-order valence-electron chi connectivity index (χ4n) is 3.39. The maximum atomic E-state index is 11.3. The van der Waals surface area contributed by atoms with E-state index in [0.29, 0.717) is 23.6 Å². The number of aromatic carboxylic acids is 2. The molecule has 2 aromatic carbocycles. The van der Waals surface area contributed by atoms with Crippen LogP contribution >= 0.6 is 0 Å². The number of nitrogens with zero attached hydrogens (tertiary/aromatic N) is 2. The average Bonchev–Trinajstić information content (AvgIpc) is 3.33. The monoisotopic (exact) mass is 402 g/mol.